The van der Waals surface area contributed by atoms with Gasteiger partial charge in [-0.2, -0.15) is 0 Å². The van der Waals surface area contributed by atoms with Crippen LogP contribution in [0.25, 0.3) is 0 Å². The van der Waals surface area contributed by atoms with E-state index in [1.54, 1.807) is 24.3 Å². The van der Waals surface area contributed by atoms with Crippen LogP contribution in [0, 0.1) is 15.9 Å². The number of non-ortho nitro benzene ring substituents is 1. The lowest BCUT2D eigenvalue weighted by molar-refractivity contribution is -0.384. The largest absolute Gasteiger partial charge is 0.384 e. The lowest BCUT2D eigenvalue weighted by Gasteiger charge is -2.38. The first-order chi connectivity index (χ1) is 11.6. The van der Waals surface area contributed by atoms with Crippen molar-refractivity contribution < 1.29 is 14.1 Å². The Morgan fingerprint density at radius 3 is 2.50 bits per heavy atom. The fraction of sp³-hybridized carbons (Fsp3) is 0.333. The molecular weight excluding hydrogens is 311 g/mol. The van der Waals surface area contributed by atoms with Crippen molar-refractivity contribution in [2.75, 3.05) is 25.1 Å². The van der Waals surface area contributed by atoms with Gasteiger partial charge in [-0.1, -0.05) is 12.1 Å². The summed E-state index contributed by atoms with van der Waals surface area (Å²) >= 11 is 0. The van der Waals surface area contributed by atoms with Crippen LogP contribution in [0.1, 0.15) is 18.4 Å². The summed E-state index contributed by atoms with van der Waals surface area (Å²) in [6, 6.07) is 13.0. The molecule has 2 aromatic carbocycles. The van der Waals surface area contributed by atoms with E-state index in [1.165, 1.54) is 18.2 Å². The standard InChI is InChI=1S/C18H19FN2O3/c19-15-3-1-2-14(12-15)18(8-10-24-11-9-18)13-20-16-4-6-17(7-5-16)21(22)23/h1-7,12,20H,8-11,13H2. The van der Waals surface area contributed by atoms with E-state index in [0.29, 0.717) is 19.8 Å². The molecular formula is C18H19FN2O3. The first-order valence-electron chi connectivity index (χ1n) is 7.91. The molecule has 1 aliphatic heterocycles. The number of anilines is 1. The van der Waals surface area contributed by atoms with Crippen molar-refractivity contribution in [2.24, 2.45) is 0 Å². The van der Waals surface area contributed by atoms with Crippen LogP contribution >= 0.6 is 0 Å². The molecule has 0 aliphatic carbocycles. The van der Waals surface area contributed by atoms with Crippen molar-refractivity contribution >= 4 is 11.4 Å². The Kier molecular flexibility index (Phi) is 4.76. The van der Waals surface area contributed by atoms with Crippen LogP contribution in [0.4, 0.5) is 15.8 Å². The number of halogens is 1. The van der Waals surface area contributed by atoms with Crippen LogP contribution in [0.2, 0.25) is 0 Å². The molecule has 1 heterocycles. The molecule has 0 saturated carbocycles. The number of ether oxygens (including phenoxy) is 1. The molecule has 2 aromatic rings. The maximum Gasteiger partial charge on any atom is 0.269 e. The number of hydrogen-bond acceptors (Lipinski definition) is 4. The molecule has 24 heavy (non-hydrogen) atoms. The Labute approximate surface area is 139 Å². The lowest BCUT2D eigenvalue weighted by atomic mass is 9.74. The minimum Gasteiger partial charge on any atom is -0.384 e. The SMILES string of the molecule is O=[N+]([O-])c1ccc(NCC2(c3cccc(F)c3)CCOCC2)cc1. The molecule has 0 bridgehead atoms. The minimum atomic E-state index is -0.420. The quantitative estimate of drug-likeness (QED) is 0.667. The van der Waals surface area contributed by atoms with Gasteiger partial charge in [-0.3, -0.25) is 10.1 Å². The van der Waals surface area contributed by atoms with Crippen molar-refractivity contribution in [1.29, 1.82) is 0 Å². The molecule has 1 fully saturated rings. The second-order valence-corrected chi connectivity index (χ2v) is 6.06. The third-order valence-corrected chi connectivity index (χ3v) is 4.60. The van der Waals surface area contributed by atoms with Gasteiger partial charge >= 0.3 is 0 Å². The van der Waals surface area contributed by atoms with E-state index in [2.05, 4.69) is 5.32 Å². The first-order valence-corrected chi connectivity index (χ1v) is 7.91. The number of nitrogens with zero attached hydrogens (tertiary/aromatic N) is 1. The third kappa shape index (κ3) is 3.54. The molecule has 1 N–H and O–H groups in total. The summed E-state index contributed by atoms with van der Waals surface area (Å²) in [5.74, 6) is -0.242. The van der Waals surface area contributed by atoms with Gasteiger partial charge in [0, 0.05) is 43.0 Å². The zero-order valence-electron chi connectivity index (χ0n) is 13.2. The topological polar surface area (TPSA) is 64.4 Å². The van der Waals surface area contributed by atoms with Crippen molar-refractivity contribution in [3.8, 4) is 0 Å². The molecule has 0 radical (unpaired) electrons. The molecule has 126 valence electrons. The third-order valence-electron chi connectivity index (χ3n) is 4.60. The van der Waals surface area contributed by atoms with E-state index in [1.807, 2.05) is 6.07 Å². The number of benzene rings is 2. The van der Waals surface area contributed by atoms with Crippen LogP contribution in [-0.2, 0) is 10.2 Å². The Bertz CT molecular complexity index is 712. The molecule has 0 atom stereocenters. The van der Waals surface area contributed by atoms with Crippen molar-refractivity contribution in [1.82, 2.24) is 0 Å². The summed E-state index contributed by atoms with van der Waals surface area (Å²) in [4.78, 5) is 10.3. The van der Waals surface area contributed by atoms with Gasteiger partial charge in [0.15, 0.2) is 0 Å². The van der Waals surface area contributed by atoms with Crippen molar-refractivity contribution in [2.45, 2.75) is 18.3 Å². The minimum absolute atomic E-state index is 0.0615. The molecule has 5 nitrogen and oxygen atoms in total. The molecule has 1 aliphatic rings. The summed E-state index contributed by atoms with van der Waals surface area (Å²) < 4.78 is 19.1. The van der Waals surface area contributed by atoms with Crippen LogP contribution in [0.15, 0.2) is 48.5 Å². The second-order valence-electron chi connectivity index (χ2n) is 6.06. The second kappa shape index (κ2) is 6.97. The van der Waals surface area contributed by atoms with Gasteiger partial charge in [0.1, 0.15) is 5.82 Å². The number of nitrogens with one attached hydrogen (secondary N) is 1. The zero-order chi connectivity index (χ0) is 17.0. The van der Waals surface area contributed by atoms with Crippen LogP contribution in [-0.4, -0.2) is 24.7 Å². The summed E-state index contributed by atoms with van der Waals surface area (Å²) in [6.45, 7) is 1.90. The Morgan fingerprint density at radius 2 is 1.88 bits per heavy atom. The van der Waals surface area contributed by atoms with Gasteiger partial charge < -0.3 is 10.1 Å². The predicted molar refractivity (Wildman–Crippen MR) is 89.7 cm³/mol. The van der Waals surface area contributed by atoms with E-state index >= 15 is 0 Å². The van der Waals surface area contributed by atoms with Crippen molar-refractivity contribution in [3.05, 3.63) is 70.0 Å². The number of hydrogen-bond donors (Lipinski definition) is 1. The highest BCUT2D eigenvalue weighted by molar-refractivity contribution is 5.49. The summed E-state index contributed by atoms with van der Waals surface area (Å²) in [7, 11) is 0. The number of nitro groups is 1. The van der Waals surface area contributed by atoms with E-state index in [0.717, 1.165) is 24.1 Å². The van der Waals surface area contributed by atoms with Gasteiger partial charge in [-0.05, 0) is 42.7 Å². The van der Waals surface area contributed by atoms with Gasteiger partial charge in [0.05, 0.1) is 4.92 Å². The average molecular weight is 330 g/mol. The van der Waals surface area contributed by atoms with Crippen LogP contribution in [0.5, 0.6) is 0 Å². The zero-order valence-corrected chi connectivity index (χ0v) is 13.2. The maximum absolute atomic E-state index is 13.7. The molecule has 0 aromatic heterocycles. The highest BCUT2D eigenvalue weighted by Crippen LogP contribution is 2.35. The lowest BCUT2D eigenvalue weighted by Crippen LogP contribution is -2.40. The van der Waals surface area contributed by atoms with Gasteiger partial charge in [-0.25, -0.2) is 4.39 Å². The van der Waals surface area contributed by atoms with Crippen molar-refractivity contribution in [3.63, 3.8) is 0 Å². The number of nitro benzene ring substituents is 1. The Balaban J connectivity index is 1.78. The molecule has 1 saturated heterocycles. The average Bonchev–Trinajstić information content (AvgIpc) is 2.61. The van der Waals surface area contributed by atoms with E-state index in [4.69, 9.17) is 4.74 Å². The molecule has 3 rings (SSSR count). The fourth-order valence-electron chi connectivity index (χ4n) is 3.12. The molecule has 6 heteroatoms. The summed E-state index contributed by atoms with van der Waals surface area (Å²) in [5.41, 5.74) is 1.62. The highest BCUT2D eigenvalue weighted by Gasteiger charge is 2.34. The van der Waals surface area contributed by atoms with Gasteiger partial charge in [0.25, 0.3) is 5.69 Å². The highest BCUT2D eigenvalue weighted by atomic mass is 19.1. The maximum atomic E-state index is 13.7. The Hall–Kier alpha value is -2.47. The van der Waals surface area contributed by atoms with Gasteiger partial charge in [-0.15, -0.1) is 0 Å². The van der Waals surface area contributed by atoms with E-state index in [9.17, 15) is 14.5 Å². The van der Waals surface area contributed by atoms with Gasteiger partial charge in [0.2, 0.25) is 0 Å². The van der Waals surface area contributed by atoms with Crippen LogP contribution in [0.3, 0.4) is 0 Å². The fourth-order valence-corrected chi connectivity index (χ4v) is 3.12. The number of rotatable bonds is 5. The van der Waals surface area contributed by atoms with Crippen LogP contribution < -0.4 is 5.32 Å². The van der Waals surface area contributed by atoms with E-state index < -0.39 is 4.92 Å². The summed E-state index contributed by atoms with van der Waals surface area (Å²) in [5, 5.41) is 14.1. The molecule has 0 unspecified atom stereocenters. The Morgan fingerprint density at radius 1 is 1.17 bits per heavy atom. The van der Waals surface area contributed by atoms with E-state index in [-0.39, 0.29) is 16.9 Å². The normalized spacial score (nSPS) is 16.5. The predicted octanol–water partition coefficient (Wildman–Crippen LogP) is 3.89. The monoisotopic (exact) mass is 330 g/mol. The first kappa shape index (κ1) is 16.4. The molecule has 0 amide bonds. The smallest absolute Gasteiger partial charge is 0.269 e. The summed E-state index contributed by atoms with van der Waals surface area (Å²) in [6.07, 6.45) is 1.60. The molecule has 0 spiro atoms.